The van der Waals surface area contributed by atoms with E-state index in [1.807, 2.05) is 36.4 Å². The van der Waals surface area contributed by atoms with E-state index < -0.39 is 0 Å². The average molecular weight is 389 g/mol. The largest absolute Gasteiger partial charge is 0.493 e. The van der Waals surface area contributed by atoms with Gasteiger partial charge in [-0.3, -0.25) is 10.1 Å². The van der Waals surface area contributed by atoms with Gasteiger partial charge in [-0.1, -0.05) is 37.6 Å². The van der Waals surface area contributed by atoms with Crippen LogP contribution in [-0.2, 0) is 4.79 Å². The van der Waals surface area contributed by atoms with Crippen LogP contribution in [-0.4, -0.2) is 17.6 Å². The first kappa shape index (κ1) is 19.9. The van der Waals surface area contributed by atoms with Crippen LogP contribution in [0.25, 0.3) is 6.08 Å². The van der Waals surface area contributed by atoms with Crippen molar-refractivity contribution >= 4 is 46.6 Å². The summed E-state index contributed by atoms with van der Waals surface area (Å²) in [5.74, 6) is 0.955. The summed E-state index contributed by atoms with van der Waals surface area (Å²) in [5.41, 5.74) is 1.65. The fourth-order valence-electron chi connectivity index (χ4n) is 1.96. The highest BCUT2D eigenvalue weighted by molar-refractivity contribution is 7.80. The van der Waals surface area contributed by atoms with Crippen LogP contribution in [0.4, 0.5) is 5.69 Å². The molecule has 6 heteroatoms. The molecule has 0 aliphatic carbocycles. The normalized spacial score (nSPS) is 10.8. The number of rotatable bonds is 6. The SMILES string of the molecule is CC(C)COc1ccc(NC(=S)NC(=O)/C=C/c2ccc(Cl)cc2)cc1. The van der Waals surface area contributed by atoms with E-state index in [4.69, 9.17) is 28.6 Å². The van der Waals surface area contributed by atoms with E-state index in [2.05, 4.69) is 24.5 Å². The summed E-state index contributed by atoms with van der Waals surface area (Å²) in [6.07, 6.45) is 3.11. The number of benzene rings is 2. The lowest BCUT2D eigenvalue weighted by Gasteiger charge is -2.11. The van der Waals surface area contributed by atoms with Gasteiger partial charge in [0.1, 0.15) is 5.75 Å². The first-order chi connectivity index (χ1) is 12.4. The third-order valence-corrected chi connectivity index (χ3v) is 3.69. The first-order valence-corrected chi connectivity index (χ1v) is 8.99. The molecule has 2 aromatic rings. The van der Waals surface area contributed by atoms with Gasteiger partial charge in [-0.05, 0) is 66.2 Å². The Morgan fingerprint density at radius 1 is 1.15 bits per heavy atom. The van der Waals surface area contributed by atoms with Gasteiger partial charge in [0.05, 0.1) is 6.61 Å². The molecule has 0 aromatic heterocycles. The van der Waals surface area contributed by atoms with Crippen molar-refractivity contribution in [3.63, 3.8) is 0 Å². The molecule has 0 aliphatic heterocycles. The number of halogens is 1. The fraction of sp³-hybridized carbons (Fsp3) is 0.200. The highest BCUT2D eigenvalue weighted by Crippen LogP contribution is 2.16. The number of nitrogens with one attached hydrogen (secondary N) is 2. The van der Waals surface area contributed by atoms with Gasteiger partial charge in [0.15, 0.2) is 5.11 Å². The van der Waals surface area contributed by atoms with E-state index in [1.54, 1.807) is 18.2 Å². The van der Waals surface area contributed by atoms with Crippen LogP contribution in [0, 0.1) is 5.92 Å². The number of anilines is 1. The minimum atomic E-state index is -0.311. The van der Waals surface area contributed by atoms with Gasteiger partial charge >= 0.3 is 0 Å². The molecule has 0 bridgehead atoms. The molecule has 2 rings (SSSR count). The van der Waals surface area contributed by atoms with Gasteiger partial charge in [-0.2, -0.15) is 0 Å². The van der Waals surface area contributed by atoms with Gasteiger partial charge in [-0.25, -0.2) is 0 Å². The van der Waals surface area contributed by atoms with Crippen LogP contribution < -0.4 is 15.4 Å². The molecule has 4 nitrogen and oxygen atoms in total. The minimum absolute atomic E-state index is 0.228. The topological polar surface area (TPSA) is 50.4 Å². The Morgan fingerprint density at radius 2 is 1.81 bits per heavy atom. The first-order valence-electron chi connectivity index (χ1n) is 8.21. The van der Waals surface area contributed by atoms with Crippen LogP contribution in [0.1, 0.15) is 19.4 Å². The number of hydrogen-bond acceptors (Lipinski definition) is 3. The van der Waals surface area contributed by atoms with Gasteiger partial charge in [0.25, 0.3) is 0 Å². The number of hydrogen-bond donors (Lipinski definition) is 2. The lowest BCUT2D eigenvalue weighted by atomic mass is 10.2. The predicted molar refractivity (Wildman–Crippen MR) is 112 cm³/mol. The smallest absolute Gasteiger partial charge is 0.250 e. The quantitative estimate of drug-likeness (QED) is 0.545. The predicted octanol–water partition coefficient (Wildman–Crippen LogP) is 4.90. The zero-order chi connectivity index (χ0) is 18.9. The van der Waals surface area contributed by atoms with Crippen LogP contribution in [0.2, 0.25) is 5.02 Å². The van der Waals surface area contributed by atoms with Crippen LogP contribution in [0.5, 0.6) is 5.75 Å². The van der Waals surface area contributed by atoms with Crippen LogP contribution in [0.3, 0.4) is 0 Å². The number of amides is 1. The molecule has 0 heterocycles. The Balaban J connectivity index is 1.82. The molecular formula is C20H21ClN2O2S. The second-order valence-electron chi connectivity index (χ2n) is 6.06. The highest BCUT2D eigenvalue weighted by Gasteiger charge is 2.03. The third kappa shape index (κ3) is 7.25. The third-order valence-electron chi connectivity index (χ3n) is 3.23. The molecule has 0 unspecified atom stereocenters. The number of ether oxygens (including phenoxy) is 1. The van der Waals surface area contributed by atoms with Gasteiger partial charge < -0.3 is 10.1 Å². The Morgan fingerprint density at radius 3 is 2.42 bits per heavy atom. The summed E-state index contributed by atoms with van der Waals surface area (Å²) in [6, 6.07) is 14.6. The molecule has 136 valence electrons. The molecule has 0 saturated carbocycles. The molecule has 0 fully saturated rings. The molecule has 1 amide bonds. The van der Waals surface area contributed by atoms with E-state index in [9.17, 15) is 4.79 Å². The average Bonchev–Trinajstić information content (AvgIpc) is 2.60. The van der Waals surface area contributed by atoms with Crippen LogP contribution >= 0.6 is 23.8 Å². The maximum Gasteiger partial charge on any atom is 0.250 e. The summed E-state index contributed by atoms with van der Waals surface area (Å²) < 4.78 is 5.63. The maximum absolute atomic E-state index is 11.9. The standard InChI is InChI=1S/C20H21ClN2O2S/c1-14(2)13-25-18-10-8-17(9-11-18)22-20(26)23-19(24)12-5-15-3-6-16(21)7-4-15/h3-12,14H,13H2,1-2H3,(H2,22,23,24,26)/b12-5+. The number of carbonyl (C=O) groups excluding carboxylic acids is 1. The maximum atomic E-state index is 11.9. The second kappa shape index (κ2) is 9.94. The molecule has 0 radical (unpaired) electrons. The summed E-state index contributed by atoms with van der Waals surface area (Å²) in [4.78, 5) is 11.9. The zero-order valence-electron chi connectivity index (χ0n) is 14.7. The highest BCUT2D eigenvalue weighted by atomic mass is 35.5. The van der Waals surface area contributed by atoms with Crippen LogP contribution in [0.15, 0.2) is 54.6 Å². The molecular weight excluding hydrogens is 368 g/mol. The van der Waals surface area contributed by atoms with E-state index in [-0.39, 0.29) is 11.0 Å². The van der Waals surface area contributed by atoms with Crippen molar-refractivity contribution < 1.29 is 9.53 Å². The Hall–Kier alpha value is -2.37. The molecule has 0 aliphatic rings. The summed E-state index contributed by atoms with van der Waals surface area (Å²) in [6.45, 7) is 4.86. The van der Waals surface area contributed by atoms with Crippen molar-refractivity contribution in [3.8, 4) is 5.75 Å². The molecule has 2 aromatic carbocycles. The van der Waals surface area contributed by atoms with Crippen molar-refractivity contribution in [1.82, 2.24) is 5.32 Å². The van der Waals surface area contributed by atoms with Crippen molar-refractivity contribution in [3.05, 3.63) is 65.2 Å². The van der Waals surface area contributed by atoms with Crippen molar-refractivity contribution in [2.75, 3.05) is 11.9 Å². The van der Waals surface area contributed by atoms with Gasteiger partial charge in [0, 0.05) is 16.8 Å². The lowest BCUT2D eigenvalue weighted by Crippen LogP contribution is -2.32. The molecule has 0 atom stereocenters. The van der Waals surface area contributed by atoms with E-state index >= 15 is 0 Å². The summed E-state index contributed by atoms with van der Waals surface area (Å²) in [7, 11) is 0. The Labute approximate surface area is 164 Å². The fourth-order valence-corrected chi connectivity index (χ4v) is 2.30. The monoisotopic (exact) mass is 388 g/mol. The number of thiocarbonyl (C=S) groups is 1. The second-order valence-corrected chi connectivity index (χ2v) is 6.90. The Kier molecular flexibility index (Phi) is 7.63. The van der Waals surface area contributed by atoms with E-state index in [1.165, 1.54) is 6.08 Å². The van der Waals surface area contributed by atoms with Crippen molar-refractivity contribution in [2.45, 2.75) is 13.8 Å². The molecule has 2 N–H and O–H groups in total. The molecule has 0 saturated heterocycles. The minimum Gasteiger partial charge on any atom is -0.493 e. The number of carbonyl (C=O) groups is 1. The summed E-state index contributed by atoms with van der Waals surface area (Å²) >= 11 is 11.0. The van der Waals surface area contributed by atoms with E-state index in [0.717, 1.165) is 17.0 Å². The summed E-state index contributed by atoms with van der Waals surface area (Å²) in [5, 5.41) is 6.44. The zero-order valence-corrected chi connectivity index (χ0v) is 16.2. The van der Waals surface area contributed by atoms with Crippen molar-refractivity contribution in [1.29, 1.82) is 0 Å². The van der Waals surface area contributed by atoms with E-state index in [0.29, 0.717) is 17.5 Å². The Bertz CT molecular complexity index is 771. The van der Waals surface area contributed by atoms with Crippen molar-refractivity contribution in [2.24, 2.45) is 5.92 Å². The molecule has 26 heavy (non-hydrogen) atoms. The lowest BCUT2D eigenvalue weighted by molar-refractivity contribution is -0.115. The molecule has 0 spiro atoms. The van der Waals surface area contributed by atoms with Gasteiger partial charge in [0.2, 0.25) is 5.91 Å². The van der Waals surface area contributed by atoms with Gasteiger partial charge in [-0.15, -0.1) is 0 Å².